The van der Waals surface area contributed by atoms with Crippen molar-refractivity contribution < 1.29 is 44.9 Å². The lowest BCUT2D eigenvalue weighted by Gasteiger charge is -2.40. The fraction of sp³-hybridized carbons (Fsp3) is 0.286. The van der Waals surface area contributed by atoms with Gasteiger partial charge in [0.25, 0.3) is 0 Å². The van der Waals surface area contributed by atoms with Crippen LogP contribution in [0.5, 0.6) is 17.2 Å². The molecule has 0 saturated carbocycles. The molecule has 3 aromatic rings. The van der Waals surface area contributed by atoms with Crippen molar-refractivity contribution in [3.8, 4) is 28.4 Å². The Bertz CT molecular complexity index is 1180. The molecule has 1 unspecified atom stereocenters. The number of benzene rings is 2. The predicted octanol–water partition coefficient (Wildman–Crippen LogP) is 0.0917. The average molecular weight is 432 g/mol. The molecule has 1 aromatic heterocycles. The van der Waals surface area contributed by atoms with Crippen molar-refractivity contribution in [1.82, 2.24) is 0 Å². The number of ether oxygens (including phenoxy) is 1. The zero-order valence-corrected chi connectivity index (χ0v) is 15.9. The van der Waals surface area contributed by atoms with E-state index in [-0.39, 0.29) is 33.4 Å². The standard InChI is InChI=1S/C21H20O10/c22-6-14-17(27)18(28)19(29)21(31-14)15-12(24)4-2-9-16(26)10(7-30-20(9)15)8-1-3-11(23)13(25)5-8/h1-5,7,14,17-19,21-25,27-29H,6H2/t14-,17-,18+,19-,21?/m1/s1. The van der Waals surface area contributed by atoms with Crippen LogP contribution in [0.3, 0.4) is 0 Å². The van der Waals surface area contributed by atoms with Crippen molar-refractivity contribution in [3.05, 3.63) is 52.4 Å². The second kappa shape index (κ2) is 7.84. The SMILES string of the molecule is O=c1c(-c2ccc(O)c(O)c2)coc2c(C3O[C@H](CO)[C@@H](O)[C@H](O)[C@H]3O)c(O)ccc12. The van der Waals surface area contributed by atoms with Crippen molar-refractivity contribution in [2.24, 2.45) is 0 Å². The predicted molar refractivity (Wildman–Crippen MR) is 106 cm³/mol. The number of fused-ring (bicyclic) bond motifs is 1. The molecule has 4 rings (SSSR count). The van der Waals surface area contributed by atoms with Crippen LogP contribution in [0, 0.1) is 0 Å². The Labute approximate surface area is 174 Å². The Hall–Kier alpha value is -3.15. The number of hydrogen-bond acceptors (Lipinski definition) is 10. The Kier molecular flexibility index (Phi) is 5.33. The minimum atomic E-state index is -1.69. The van der Waals surface area contributed by atoms with E-state index in [9.17, 15) is 40.5 Å². The maximum atomic E-state index is 13.1. The van der Waals surface area contributed by atoms with Gasteiger partial charge in [0, 0.05) is 0 Å². The van der Waals surface area contributed by atoms with Crippen molar-refractivity contribution in [3.63, 3.8) is 0 Å². The smallest absolute Gasteiger partial charge is 0.200 e. The van der Waals surface area contributed by atoms with E-state index in [1.807, 2.05) is 0 Å². The molecular weight excluding hydrogens is 412 g/mol. The van der Waals surface area contributed by atoms with Gasteiger partial charge in [0.2, 0.25) is 5.43 Å². The second-order valence-electron chi connectivity index (χ2n) is 7.31. The summed E-state index contributed by atoms with van der Waals surface area (Å²) in [7, 11) is 0. The molecule has 2 heterocycles. The Morgan fingerprint density at radius 2 is 1.58 bits per heavy atom. The third kappa shape index (κ3) is 3.40. The van der Waals surface area contributed by atoms with Crippen molar-refractivity contribution in [2.45, 2.75) is 30.5 Å². The molecular formula is C21H20O10. The molecule has 1 aliphatic rings. The Morgan fingerprint density at radius 1 is 0.871 bits per heavy atom. The van der Waals surface area contributed by atoms with Crippen LogP contribution >= 0.6 is 0 Å². The van der Waals surface area contributed by atoms with E-state index < -0.39 is 54.1 Å². The third-order valence-electron chi connectivity index (χ3n) is 5.42. The highest BCUT2D eigenvalue weighted by atomic mass is 16.5. The van der Waals surface area contributed by atoms with E-state index in [2.05, 4.69) is 0 Å². The lowest BCUT2D eigenvalue weighted by atomic mass is 9.89. The van der Waals surface area contributed by atoms with Crippen LogP contribution in [0.4, 0.5) is 0 Å². The quantitative estimate of drug-likeness (QED) is 0.280. The van der Waals surface area contributed by atoms with E-state index in [1.54, 1.807) is 0 Å². The first-order chi connectivity index (χ1) is 14.7. The maximum absolute atomic E-state index is 13.1. The average Bonchev–Trinajstić information content (AvgIpc) is 2.75. The van der Waals surface area contributed by atoms with Gasteiger partial charge in [-0.1, -0.05) is 6.07 Å². The molecule has 164 valence electrons. The molecule has 7 N–H and O–H groups in total. The van der Waals surface area contributed by atoms with Crippen LogP contribution in [-0.4, -0.2) is 66.8 Å². The highest BCUT2D eigenvalue weighted by molar-refractivity contribution is 5.86. The normalized spacial score (nSPS) is 26.3. The fourth-order valence-electron chi connectivity index (χ4n) is 3.72. The van der Waals surface area contributed by atoms with Gasteiger partial charge in [0.05, 0.1) is 23.1 Å². The van der Waals surface area contributed by atoms with Crippen molar-refractivity contribution in [1.29, 1.82) is 0 Å². The second-order valence-corrected chi connectivity index (χ2v) is 7.31. The van der Waals surface area contributed by atoms with Gasteiger partial charge in [-0.2, -0.15) is 0 Å². The minimum absolute atomic E-state index is 0.00910. The molecule has 5 atom stereocenters. The van der Waals surface area contributed by atoms with Crippen LogP contribution < -0.4 is 5.43 Å². The lowest BCUT2D eigenvalue weighted by molar-refractivity contribution is -0.231. The number of aliphatic hydroxyl groups excluding tert-OH is 4. The highest BCUT2D eigenvalue weighted by Gasteiger charge is 2.45. The van der Waals surface area contributed by atoms with Gasteiger partial charge in [0.1, 0.15) is 48.1 Å². The molecule has 2 aromatic carbocycles. The van der Waals surface area contributed by atoms with Gasteiger partial charge in [-0.15, -0.1) is 0 Å². The molecule has 31 heavy (non-hydrogen) atoms. The van der Waals surface area contributed by atoms with Crippen LogP contribution in [0.15, 0.2) is 45.8 Å². The first kappa shape index (κ1) is 21.1. The number of rotatable bonds is 3. The number of phenols is 3. The zero-order valence-electron chi connectivity index (χ0n) is 15.9. The summed E-state index contributed by atoms with van der Waals surface area (Å²) < 4.78 is 11.1. The molecule has 0 radical (unpaired) electrons. The summed E-state index contributed by atoms with van der Waals surface area (Å²) in [6, 6.07) is 6.30. The molecule has 0 spiro atoms. The third-order valence-corrected chi connectivity index (χ3v) is 5.42. The van der Waals surface area contributed by atoms with E-state index in [0.29, 0.717) is 0 Å². The molecule has 10 heteroatoms. The maximum Gasteiger partial charge on any atom is 0.200 e. The minimum Gasteiger partial charge on any atom is -0.507 e. The molecule has 1 saturated heterocycles. The van der Waals surface area contributed by atoms with E-state index in [0.717, 1.165) is 6.26 Å². The highest BCUT2D eigenvalue weighted by Crippen LogP contribution is 2.40. The van der Waals surface area contributed by atoms with Crippen LogP contribution in [0.1, 0.15) is 11.7 Å². The topological polar surface area (TPSA) is 181 Å². The van der Waals surface area contributed by atoms with Crippen LogP contribution in [0.25, 0.3) is 22.1 Å². The van der Waals surface area contributed by atoms with Crippen LogP contribution in [0.2, 0.25) is 0 Å². The van der Waals surface area contributed by atoms with Gasteiger partial charge in [-0.3, -0.25) is 4.79 Å². The van der Waals surface area contributed by atoms with E-state index in [4.69, 9.17) is 9.15 Å². The summed E-state index contributed by atoms with van der Waals surface area (Å²) in [5, 5.41) is 69.5. The number of phenolic OH excluding ortho intramolecular Hbond substituents is 3. The summed E-state index contributed by atoms with van der Waals surface area (Å²) >= 11 is 0. The molecule has 1 aliphatic heterocycles. The Balaban J connectivity index is 1.88. The first-order valence-electron chi connectivity index (χ1n) is 9.34. The first-order valence-corrected chi connectivity index (χ1v) is 9.34. The molecule has 0 aliphatic carbocycles. The zero-order chi connectivity index (χ0) is 22.4. The summed E-state index contributed by atoms with van der Waals surface area (Å²) in [4.78, 5) is 13.1. The van der Waals surface area contributed by atoms with Gasteiger partial charge in [-0.05, 0) is 29.8 Å². The summed E-state index contributed by atoms with van der Waals surface area (Å²) in [6.07, 6.45) is -6.50. The van der Waals surface area contributed by atoms with Gasteiger partial charge in [-0.25, -0.2) is 0 Å². The molecule has 1 fully saturated rings. The monoisotopic (exact) mass is 432 g/mol. The van der Waals surface area contributed by atoms with Crippen molar-refractivity contribution >= 4 is 11.0 Å². The van der Waals surface area contributed by atoms with Gasteiger partial charge >= 0.3 is 0 Å². The molecule has 0 bridgehead atoms. The summed E-state index contributed by atoms with van der Waals surface area (Å²) in [5.41, 5.74) is -0.452. The number of aromatic hydroxyl groups is 3. The largest absolute Gasteiger partial charge is 0.507 e. The summed E-state index contributed by atoms with van der Waals surface area (Å²) in [6.45, 7) is -0.661. The van der Waals surface area contributed by atoms with Gasteiger partial charge < -0.3 is 44.9 Å². The fourth-order valence-corrected chi connectivity index (χ4v) is 3.72. The van der Waals surface area contributed by atoms with E-state index >= 15 is 0 Å². The van der Waals surface area contributed by atoms with Gasteiger partial charge in [0.15, 0.2) is 11.5 Å². The molecule has 0 amide bonds. The van der Waals surface area contributed by atoms with Crippen LogP contribution in [-0.2, 0) is 4.74 Å². The Morgan fingerprint density at radius 3 is 2.26 bits per heavy atom. The van der Waals surface area contributed by atoms with Crippen molar-refractivity contribution in [2.75, 3.05) is 6.61 Å². The van der Waals surface area contributed by atoms with E-state index in [1.165, 1.54) is 30.3 Å². The summed E-state index contributed by atoms with van der Waals surface area (Å²) in [5.74, 6) is -1.18. The molecule has 10 nitrogen and oxygen atoms in total. The lowest BCUT2D eigenvalue weighted by Crippen LogP contribution is -2.55. The number of aliphatic hydroxyl groups is 4. The number of hydrogen-bond donors (Lipinski definition) is 7.